The van der Waals surface area contributed by atoms with Gasteiger partial charge in [-0.05, 0) is 39.8 Å². The lowest BCUT2D eigenvalue weighted by molar-refractivity contribution is -0.0281. The van der Waals surface area contributed by atoms with Gasteiger partial charge in [0.1, 0.15) is 23.2 Å². The maximum absolute atomic E-state index is 15.0. The molecule has 0 bridgehead atoms. The predicted molar refractivity (Wildman–Crippen MR) is 121 cm³/mol. The van der Waals surface area contributed by atoms with Crippen LogP contribution in [0.25, 0.3) is 22.6 Å². The summed E-state index contributed by atoms with van der Waals surface area (Å²) in [7, 11) is 1.60. The molecule has 2 atom stereocenters. The van der Waals surface area contributed by atoms with E-state index >= 15 is 0 Å². The summed E-state index contributed by atoms with van der Waals surface area (Å²) in [6.07, 6.45) is 1.47. The first-order valence-corrected chi connectivity index (χ1v) is 10.6. The molecule has 1 aliphatic heterocycles. The zero-order chi connectivity index (χ0) is 24.0. The minimum absolute atomic E-state index is 0.136. The minimum Gasteiger partial charge on any atom is -0.506 e. The second-order valence-electron chi connectivity index (χ2n) is 9.56. The fourth-order valence-electron chi connectivity index (χ4n) is 4.24. The van der Waals surface area contributed by atoms with Gasteiger partial charge in [-0.15, -0.1) is 10.2 Å². The van der Waals surface area contributed by atoms with E-state index in [9.17, 15) is 14.3 Å². The second kappa shape index (κ2) is 8.18. The number of rotatable bonds is 4. The monoisotopic (exact) mass is 454 g/mol. The molecule has 1 saturated heterocycles. The van der Waals surface area contributed by atoms with Crippen molar-refractivity contribution >= 4 is 0 Å². The minimum atomic E-state index is -1.23. The molecule has 0 aliphatic carbocycles. The molecule has 1 aliphatic rings. The van der Waals surface area contributed by atoms with Gasteiger partial charge in [-0.1, -0.05) is 0 Å². The molecule has 174 valence electrons. The average molecular weight is 455 g/mol. The standard InChI is InChI=1S/C23H27FN6O3/c1-22(2)10-17(21(24)23(3,4)29-22)33-18-7-6-14(27-28-18)20-16(31)8-13(11-25-20)15-9-19(32)30(5)12-26-15/h6-9,11-12,17,21,29,31H,10H2,1-5H3/t17-,21-/m0/s1. The summed E-state index contributed by atoms with van der Waals surface area (Å²) in [6.45, 7) is 7.63. The number of alkyl halides is 1. The fraction of sp³-hybridized carbons (Fsp3) is 0.435. The van der Waals surface area contributed by atoms with Crippen molar-refractivity contribution < 1.29 is 14.2 Å². The van der Waals surface area contributed by atoms with E-state index in [-0.39, 0.29) is 28.4 Å². The molecule has 2 N–H and O–H groups in total. The van der Waals surface area contributed by atoms with Gasteiger partial charge in [0, 0.05) is 48.4 Å². The highest BCUT2D eigenvalue weighted by Gasteiger charge is 2.47. The first-order valence-electron chi connectivity index (χ1n) is 10.6. The molecule has 1 fully saturated rings. The second-order valence-corrected chi connectivity index (χ2v) is 9.56. The van der Waals surface area contributed by atoms with E-state index in [4.69, 9.17) is 4.74 Å². The van der Waals surface area contributed by atoms with Crippen LogP contribution in [0, 0.1) is 0 Å². The molecule has 0 aromatic carbocycles. The molecule has 4 rings (SSSR count). The Hall–Kier alpha value is -3.40. The van der Waals surface area contributed by atoms with Gasteiger partial charge < -0.3 is 19.7 Å². The van der Waals surface area contributed by atoms with Gasteiger partial charge in [0.2, 0.25) is 5.88 Å². The maximum atomic E-state index is 15.0. The Bertz CT molecular complexity index is 1230. The van der Waals surface area contributed by atoms with Crippen LogP contribution in [-0.2, 0) is 7.05 Å². The number of aromatic hydroxyl groups is 1. The fourth-order valence-corrected chi connectivity index (χ4v) is 4.24. The Morgan fingerprint density at radius 2 is 1.91 bits per heavy atom. The molecule has 3 aromatic rings. The lowest BCUT2D eigenvalue weighted by Gasteiger charge is -2.48. The molecule has 0 spiro atoms. The summed E-state index contributed by atoms with van der Waals surface area (Å²) in [5.74, 6) is 0.0592. The quantitative estimate of drug-likeness (QED) is 0.618. The number of nitrogens with one attached hydrogen (secondary N) is 1. The van der Waals surface area contributed by atoms with Crippen molar-refractivity contribution in [1.82, 2.24) is 30.0 Å². The molecule has 0 unspecified atom stereocenters. The number of halogens is 1. The summed E-state index contributed by atoms with van der Waals surface area (Å²) in [5.41, 5.74) is 0.179. The molecule has 0 radical (unpaired) electrons. The third kappa shape index (κ3) is 4.70. The van der Waals surface area contributed by atoms with E-state index in [2.05, 4.69) is 25.5 Å². The van der Waals surface area contributed by atoms with E-state index in [0.29, 0.717) is 23.4 Å². The molecule has 0 saturated carbocycles. The van der Waals surface area contributed by atoms with Gasteiger partial charge in [-0.25, -0.2) is 14.4 Å². The van der Waals surface area contributed by atoms with Crippen molar-refractivity contribution in [1.29, 1.82) is 0 Å². The van der Waals surface area contributed by atoms with Crippen molar-refractivity contribution in [3.63, 3.8) is 0 Å². The van der Waals surface area contributed by atoms with Crippen LogP contribution in [0.5, 0.6) is 11.6 Å². The van der Waals surface area contributed by atoms with Gasteiger partial charge in [0.15, 0.2) is 6.17 Å². The van der Waals surface area contributed by atoms with E-state index in [1.54, 1.807) is 19.2 Å². The van der Waals surface area contributed by atoms with Crippen LogP contribution < -0.4 is 15.6 Å². The first kappa shape index (κ1) is 22.8. The normalized spacial score (nSPS) is 21.5. The molecule has 9 nitrogen and oxygen atoms in total. The first-order chi connectivity index (χ1) is 15.4. The van der Waals surface area contributed by atoms with Crippen LogP contribution in [0.15, 0.2) is 41.6 Å². The summed E-state index contributed by atoms with van der Waals surface area (Å²) in [6, 6.07) is 6.01. The van der Waals surface area contributed by atoms with Gasteiger partial charge in [0.25, 0.3) is 5.56 Å². The molecule has 10 heteroatoms. The van der Waals surface area contributed by atoms with Crippen LogP contribution >= 0.6 is 0 Å². The van der Waals surface area contributed by atoms with E-state index < -0.39 is 17.8 Å². The SMILES string of the molecule is Cn1cnc(-c2cnc(-c3ccc(O[C@H]4CC(C)(C)NC(C)(C)[C@H]4F)nn3)c(O)c2)cc1=O. The number of nitrogens with zero attached hydrogens (tertiary/aromatic N) is 5. The summed E-state index contributed by atoms with van der Waals surface area (Å²) >= 11 is 0. The summed E-state index contributed by atoms with van der Waals surface area (Å²) < 4.78 is 22.2. The van der Waals surface area contributed by atoms with Gasteiger partial charge >= 0.3 is 0 Å². The smallest absolute Gasteiger partial charge is 0.253 e. The Balaban J connectivity index is 1.53. The highest BCUT2D eigenvalue weighted by Crippen LogP contribution is 2.34. The van der Waals surface area contributed by atoms with E-state index in [1.807, 2.05) is 27.7 Å². The lowest BCUT2D eigenvalue weighted by Crippen LogP contribution is -2.66. The highest BCUT2D eigenvalue weighted by molar-refractivity contribution is 5.68. The van der Waals surface area contributed by atoms with E-state index in [1.165, 1.54) is 29.2 Å². The third-order valence-corrected chi connectivity index (χ3v) is 5.68. The topological polar surface area (TPSA) is 115 Å². The summed E-state index contributed by atoms with van der Waals surface area (Å²) in [4.78, 5) is 20.3. The average Bonchev–Trinajstić information content (AvgIpc) is 2.73. The summed E-state index contributed by atoms with van der Waals surface area (Å²) in [5, 5.41) is 21.9. The molecule has 4 heterocycles. The van der Waals surface area contributed by atoms with Crippen LogP contribution in [0.4, 0.5) is 4.39 Å². The van der Waals surface area contributed by atoms with E-state index in [0.717, 1.165) is 0 Å². The largest absolute Gasteiger partial charge is 0.506 e. The number of hydrogen-bond acceptors (Lipinski definition) is 8. The van der Waals surface area contributed by atoms with Gasteiger partial charge in [0.05, 0.1) is 12.0 Å². The van der Waals surface area contributed by atoms with Crippen molar-refractivity contribution in [2.45, 2.75) is 57.5 Å². The lowest BCUT2D eigenvalue weighted by atomic mass is 9.79. The van der Waals surface area contributed by atoms with Gasteiger partial charge in [-0.2, -0.15) is 0 Å². The number of pyridine rings is 1. The Morgan fingerprint density at radius 1 is 1.15 bits per heavy atom. The van der Waals surface area contributed by atoms with Gasteiger partial charge in [-0.3, -0.25) is 4.79 Å². The molecule has 3 aromatic heterocycles. The molecule has 0 amide bonds. The van der Waals surface area contributed by atoms with Crippen molar-refractivity contribution in [2.75, 3.05) is 0 Å². The van der Waals surface area contributed by atoms with Crippen LogP contribution in [0.3, 0.4) is 0 Å². The maximum Gasteiger partial charge on any atom is 0.253 e. The van der Waals surface area contributed by atoms with Crippen molar-refractivity contribution in [2.24, 2.45) is 7.05 Å². The molecular weight excluding hydrogens is 427 g/mol. The Labute approximate surface area is 190 Å². The molecular formula is C23H27FN6O3. The zero-order valence-electron chi connectivity index (χ0n) is 19.2. The molecule has 33 heavy (non-hydrogen) atoms. The predicted octanol–water partition coefficient (Wildman–Crippen LogP) is 2.64. The zero-order valence-corrected chi connectivity index (χ0v) is 19.2. The number of hydrogen-bond donors (Lipinski definition) is 2. The van der Waals surface area contributed by atoms with Crippen molar-refractivity contribution in [3.05, 3.63) is 47.1 Å². The van der Waals surface area contributed by atoms with Crippen LogP contribution in [0.1, 0.15) is 34.1 Å². The van der Waals surface area contributed by atoms with Crippen molar-refractivity contribution in [3.8, 4) is 34.3 Å². The number of aromatic nitrogens is 5. The van der Waals surface area contributed by atoms with Crippen LogP contribution in [0.2, 0.25) is 0 Å². The third-order valence-electron chi connectivity index (χ3n) is 5.68. The Kier molecular flexibility index (Phi) is 5.65. The Morgan fingerprint density at radius 3 is 2.55 bits per heavy atom. The highest BCUT2D eigenvalue weighted by atomic mass is 19.1. The van der Waals surface area contributed by atoms with Crippen LogP contribution in [-0.4, -0.2) is 53.2 Å². The number of ether oxygens (including phenoxy) is 1. The number of piperidine rings is 1. The number of aryl methyl sites for hydroxylation is 1.